The van der Waals surface area contributed by atoms with Crippen LogP contribution in [-0.4, -0.2) is 45.1 Å². The third-order valence-electron chi connectivity index (χ3n) is 5.50. The number of aryl methyl sites for hydroxylation is 1. The van der Waals surface area contributed by atoms with E-state index in [0.717, 1.165) is 43.9 Å². The van der Waals surface area contributed by atoms with Crippen LogP contribution in [0.3, 0.4) is 0 Å². The molecular weight excluding hydrogens is 374 g/mol. The van der Waals surface area contributed by atoms with Crippen LogP contribution in [0.1, 0.15) is 36.8 Å². The van der Waals surface area contributed by atoms with Gasteiger partial charge in [0.15, 0.2) is 6.61 Å². The molecule has 0 aliphatic carbocycles. The second kappa shape index (κ2) is 7.56. The molecule has 6 nitrogen and oxygen atoms in total. The summed E-state index contributed by atoms with van der Waals surface area (Å²) in [7, 11) is 0. The zero-order valence-electron chi connectivity index (χ0n) is 16.2. The zero-order chi connectivity index (χ0) is 19.7. The van der Waals surface area contributed by atoms with Crippen molar-refractivity contribution >= 4 is 22.1 Å². The van der Waals surface area contributed by atoms with Gasteiger partial charge in [0.25, 0.3) is 0 Å². The maximum absolute atomic E-state index is 10.9. The molecule has 28 heavy (non-hydrogen) atoms. The number of para-hydroxylation sites is 1. The fourth-order valence-corrected chi connectivity index (χ4v) is 5.21. The summed E-state index contributed by atoms with van der Waals surface area (Å²) in [4.78, 5) is 19.4. The van der Waals surface area contributed by atoms with E-state index in [2.05, 4.69) is 34.7 Å². The summed E-state index contributed by atoms with van der Waals surface area (Å²) in [6.45, 7) is 6.73. The summed E-state index contributed by atoms with van der Waals surface area (Å²) in [6.07, 6.45) is 4.31. The zero-order valence-corrected chi connectivity index (χ0v) is 17.0. The molecule has 7 heteroatoms. The number of aliphatic carboxylic acids is 1. The molecule has 0 bridgehead atoms. The van der Waals surface area contributed by atoms with Crippen molar-refractivity contribution in [1.29, 1.82) is 0 Å². The number of hydrogen-bond donors (Lipinski definition) is 1. The quantitative estimate of drug-likeness (QED) is 0.684. The lowest BCUT2D eigenvalue weighted by molar-refractivity contribution is -0.139. The number of thiazole rings is 1. The van der Waals surface area contributed by atoms with Gasteiger partial charge in [-0.3, -0.25) is 9.30 Å². The highest BCUT2D eigenvalue weighted by atomic mass is 32.1. The van der Waals surface area contributed by atoms with E-state index >= 15 is 0 Å². The number of carboxylic acid groups (broad SMARTS) is 1. The number of imidazole rings is 1. The molecule has 0 spiro atoms. The SMILES string of the molecule is Cc1nc([C@]2(C)CCCN(Cc3ccccc3OCC(=O)O)C2)c2sccn12. The maximum Gasteiger partial charge on any atom is 0.341 e. The van der Waals surface area contributed by atoms with Gasteiger partial charge in [-0.05, 0) is 32.4 Å². The van der Waals surface area contributed by atoms with Gasteiger partial charge in [0.1, 0.15) is 16.4 Å². The smallest absolute Gasteiger partial charge is 0.341 e. The molecule has 1 N–H and O–H groups in total. The molecule has 1 aliphatic heterocycles. The molecule has 4 rings (SSSR count). The van der Waals surface area contributed by atoms with E-state index in [1.807, 2.05) is 24.3 Å². The van der Waals surface area contributed by atoms with Crippen LogP contribution >= 0.6 is 11.3 Å². The van der Waals surface area contributed by atoms with Gasteiger partial charge in [0.2, 0.25) is 0 Å². The summed E-state index contributed by atoms with van der Waals surface area (Å²) in [5.41, 5.74) is 2.22. The fourth-order valence-electron chi connectivity index (χ4n) is 4.19. The van der Waals surface area contributed by atoms with Crippen LogP contribution in [-0.2, 0) is 16.8 Å². The lowest BCUT2D eigenvalue weighted by Gasteiger charge is -2.39. The molecule has 1 atom stereocenters. The van der Waals surface area contributed by atoms with Crippen molar-refractivity contribution in [1.82, 2.24) is 14.3 Å². The predicted octanol–water partition coefficient (Wildman–Crippen LogP) is 3.72. The number of benzene rings is 1. The molecular formula is C21H25N3O3S. The standard InChI is InChI=1S/C21H25N3O3S/c1-15-22-19(20-24(15)10-11-28-20)21(2)8-5-9-23(14-21)12-16-6-3-4-7-17(16)27-13-18(25)26/h3-4,6-7,10-11H,5,8-9,12-14H2,1-2H3,(H,25,26)/t21-/m1/s1. The second-order valence-electron chi connectivity index (χ2n) is 7.75. The molecule has 0 radical (unpaired) electrons. The van der Waals surface area contributed by atoms with Gasteiger partial charge in [-0.1, -0.05) is 25.1 Å². The molecule has 0 amide bonds. The number of piperidine rings is 1. The molecule has 1 fully saturated rings. The Morgan fingerprint density at radius 1 is 1.39 bits per heavy atom. The van der Waals surface area contributed by atoms with Crippen molar-refractivity contribution < 1.29 is 14.6 Å². The minimum Gasteiger partial charge on any atom is -0.482 e. The van der Waals surface area contributed by atoms with Crippen molar-refractivity contribution in [2.24, 2.45) is 0 Å². The number of aromatic nitrogens is 2. The number of ether oxygens (including phenoxy) is 1. The van der Waals surface area contributed by atoms with Crippen molar-refractivity contribution in [2.45, 2.75) is 38.6 Å². The molecule has 0 unspecified atom stereocenters. The van der Waals surface area contributed by atoms with E-state index in [0.29, 0.717) is 5.75 Å². The average molecular weight is 400 g/mol. The predicted molar refractivity (Wildman–Crippen MR) is 109 cm³/mol. The summed E-state index contributed by atoms with van der Waals surface area (Å²) >= 11 is 1.75. The summed E-state index contributed by atoms with van der Waals surface area (Å²) in [5.74, 6) is 0.725. The number of carboxylic acids is 1. The van der Waals surface area contributed by atoms with Gasteiger partial charge in [-0.15, -0.1) is 11.3 Å². The Morgan fingerprint density at radius 3 is 3.04 bits per heavy atom. The topological polar surface area (TPSA) is 67.1 Å². The lowest BCUT2D eigenvalue weighted by atomic mass is 9.79. The number of nitrogens with zero attached hydrogens (tertiary/aromatic N) is 3. The van der Waals surface area contributed by atoms with Crippen molar-refractivity contribution in [3.8, 4) is 5.75 Å². The van der Waals surface area contributed by atoms with Gasteiger partial charge in [-0.2, -0.15) is 0 Å². The van der Waals surface area contributed by atoms with Crippen LogP contribution in [0, 0.1) is 6.92 Å². The highest BCUT2D eigenvalue weighted by molar-refractivity contribution is 7.15. The number of hydrogen-bond acceptors (Lipinski definition) is 5. The van der Waals surface area contributed by atoms with E-state index < -0.39 is 5.97 Å². The number of fused-ring (bicyclic) bond motifs is 1. The molecule has 1 aliphatic rings. The Labute approximate surface area is 168 Å². The van der Waals surface area contributed by atoms with E-state index in [-0.39, 0.29) is 12.0 Å². The highest BCUT2D eigenvalue weighted by Crippen LogP contribution is 2.38. The minimum absolute atomic E-state index is 0.000517. The molecule has 148 valence electrons. The first-order valence-electron chi connectivity index (χ1n) is 9.54. The lowest BCUT2D eigenvalue weighted by Crippen LogP contribution is -2.44. The van der Waals surface area contributed by atoms with Crippen LogP contribution in [0.25, 0.3) is 4.83 Å². The normalized spacial score (nSPS) is 20.5. The van der Waals surface area contributed by atoms with Gasteiger partial charge in [0.05, 0.1) is 5.69 Å². The molecule has 1 saturated heterocycles. The summed E-state index contributed by atoms with van der Waals surface area (Å²) in [6, 6.07) is 7.71. The molecule has 2 aromatic heterocycles. The average Bonchev–Trinajstić information content (AvgIpc) is 3.25. The number of carbonyl (C=O) groups is 1. The van der Waals surface area contributed by atoms with E-state index in [1.54, 1.807) is 11.3 Å². The van der Waals surface area contributed by atoms with Crippen LogP contribution in [0.15, 0.2) is 35.8 Å². The van der Waals surface area contributed by atoms with Crippen LogP contribution in [0.4, 0.5) is 0 Å². The van der Waals surface area contributed by atoms with Crippen LogP contribution in [0.5, 0.6) is 5.75 Å². The van der Waals surface area contributed by atoms with E-state index in [4.69, 9.17) is 14.8 Å². The van der Waals surface area contributed by atoms with Crippen molar-refractivity contribution in [3.63, 3.8) is 0 Å². The van der Waals surface area contributed by atoms with Gasteiger partial charge >= 0.3 is 5.97 Å². The summed E-state index contributed by atoms with van der Waals surface area (Å²) < 4.78 is 7.67. The second-order valence-corrected chi connectivity index (χ2v) is 8.65. The van der Waals surface area contributed by atoms with Crippen molar-refractivity contribution in [2.75, 3.05) is 19.7 Å². The molecule has 3 heterocycles. The first-order valence-corrected chi connectivity index (χ1v) is 10.4. The Morgan fingerprint density at radius 2 is 2.21 bits per heavy atom. The van der Waals surface area contributed by atoms with E-state index in [1.165, 1.54) is 10.5 Å². The van der Waals surface area contributed by atoms with E-state index in [9.17, 15) is 4.79 Å². The Bertz CT molecular complexity index is 996. The molecule has 3 aromatic rings. The van der Waals surface area contributed by atoms with Gasteiger partial charge in [0, 0.05) is 35.6 Å². The van der Waals surface area contributed by atoms with Crippen LogP contribution in [0.2, 0.25) is 0 Å². The maximum atomic E-state index is 10.9. The Balaban J connectivity index is 1.55. The molecule has 1 aromatic carbocycles. The third-order valence-corrected chi connectivity index (χ3v) is 6.37. The van der Waals surface area contributed by atoms with Crippen LogP contribution < -0.4 is 4.74 Å². The Hall–Kier alpha value is -2.38. The fraction of sp³-hybridized carbons (Fsp3) is 0.429. The molecule has 0 saturated carbocycles. The number of likely N-dealkylation sites (tertiary alicyclic amines) is 1. The van der Waals surface area contributed by atoms with Crippen molar-refractivity contribution in [3.05, 3.63) is 52.9 Å². The first kappa shape index (κ1) is 19.0. The highest BCUT2D eigenvalue weighted by Gasteiger charge is 2.37. The third kappa shape index (κ3) is 3.64. The monoisotopic (exact) mass is 399 g/mol. The summed E-state index contributed by atoms with van der Waals surface area (Å²) in [5, 5.41) is 11.0. The van der Waals surface area contributed by atoms with Gasteiger partial charge < -0.3 is 9.84 Å². The largest absolute Gasteiger partial charge is 0.482 e. The number of rotatable bonds is 6. The van der Waals surface area contributed by atoms with Gasteiger partial charge in [-0.25, -0.2) is 9.78 Å². The minimum atomic E-state index is -0.963. The Kier molecular flexibility index (Phi) is 5.12. The first-order chi connectivity index (χ1) is 13.5.